The van der Waals surface area contributed by atoms with Crippen LogP contribution in [0.5, 0.6) is 0 Å². The SMILES string of the molecule is C[C@H](NC(=O)CN1C(=O)C=CC1=O)C(=O)N[C@@H](C)C(=O)N[C@@H](CC(N)=O)C(O)N[C@@H](CCN(C(=O)CO)[C@@H](c1cc(-c2cc(F)ccc2F)cn1Cc1ccccc1)C(C)(C)C)C(=O)NCCC(=O)NCCCC[C@H](N)C1OC1O. The minimum Gasteiger partial charge on any atom is -0.387 e. The number of nitrogens with zero attached hydrogens (tertiary/aromatic N) is 3. The van der Waals surface area contributed by atoms with Crippen molar-refractivity contribution in [3.63, 3.8) is 0 Å². The van der Waals surface area contributed by atoms with Crippen molar-refractivity contribution in [2.45, 2.75) is 135 Å². The van der Waals surface area contributed by atoms with Crippen molar-refractivity contribution < 1.29 is 72.0 Å². The maximum Gasteiger partial charge on any atom is 0.254 e. The Bertz CT molecular complexity index is 2720. The molecular formula is C54H73F2N11O13. The van der Waals surface area contributed by atoms with E-state index in [1.54, 1.807) is 16.8 Å². The van der Waals surface area contributed by atoms with E-state index >= 15 is 4.39 Å². The van der Waals surface area contributed by atoms with Crippen LogP contribution >= 0.6 is 0 Å². The van der Waals surface area contributed by atoms with Crippen LogP contribution in [-0.2, 0) is 54.4 Å². The number of unbranched alkanes of at least 4 members (excludes halogenated alkanes) is 1. The predicted molar refractivity (Wildman–Crippen MR) is 284 cm³/mol. The molecule has 9 atom stereocenters. The quantitative estimate of drug-likeness (QED) is 0.0162. The van der Waals surface area contributed by atoms with E-state index < -0.39 is 139 Å². The number of epoxide rings is 1. The third-order valence-corrected chi connectivity index (χ3v) is 13.3. The molecule has 0 saturated carbocycles. The number of aliphatic hydroxyl groups is 3. The number of hydrogen-bond acceptors (Lipinski definition) is 15. The Kier molecular flexibility index (Phi) is 23.0. The van der Waals surface area contributed by atoms with Gasteiger partial charge in [-0.1, -0.05) is 57.5 Å². The summed E-state index contributed by atoms with van der Waals surface area (Å²) in [5.41, 5.74) is 12.1. The second-order valence-electron chi connectivity index (χ2n) is 20.8. The Balaban J connectivity index is 1.37. The van der Waals surface area contributed by atoms with E-state index in [0.717, 1.165) is 35.9 Å². The van der Waals surface area contributed by atoms with E-state index in [2.05, 4.69) is 31.9 Å². The van der Waals surface area contributed by atoms with Crippen LogP contribution in [0.1, 0.15) is 90.4 Å². The molecule has 0 spiro atoms. The predicted octanol–water partition coefficient (Wildman–Crippen LogP) is -0.812. The van der Waals surface area contributed by atoms with Crippen LogP contribution in [0.3, 0.4) is 0 Å². The van der Waals surface area contributed by atoms with Gasteiger partial charge in [-0.15, -0.1) is 0 Å². The van der Waals surface area contributed by atoms with Gasteiger partial charge in [0.15, 0.2) is 6.29 Å². The monoisotopic (exact) mass is 1120 g/mol. The number of primary amides is 1. The molecule has 5 rings (SSSR count). The smallest absolute Gasteiger partial charge is 0.254 e. The van der Waals surface area contributed by atoms with Crippen LogP contribution in [-0.4, -0.2) is 164 Å². The highest BCUT2D eigenvalue weighted by Crippen LogP contribution is 2.41. The van der Waals surface area contributed by atoms with Crippen molar-refractivity contribution in [1.82, 2.24) is 46.3 Å². The number of aliphatic hydroxyl groups excluding tert-OH is 3. The first kappa shape index (κ1) is 63.3. The van der Waals surface area contributed by atoms with Gasteiger partial charge in [-0.25, -0.2) is 8.78 Å². The molecular weight excluding hydrogens is 1050 g/mol. The molecule has 436 valence electrons. The third-order valence-electron chi connectivity index (χ3n) is 13.3. The molecule has 80 heavy (non-hydrogen) atoms. The minimum atomic E-state index is -1.97. The molecule has 13 N–H and O–H groups in total. The maximum atomic E-state index is 15.4. The van der Waals surface area contributed by atoms with Gasteiger partial charge in [0, 0.05) is 73.8 Å². The molecule has 0 radical (unpaired) electrons. The number of imide groups is 1. The molecule has 9 amide bonds. The number of hydrogen-bond donors (Lipinski definition) is 11. The lowest BCUT2D eigenvalue weighted by Crippen LogP contribution is -2.60. The van der Waals surface area contributed by atoms with Crippen LogP contribution < -0.4 is 43.4 Å². The van der Waals surface area contributed by atoms with Gasteiger partial charge in [0.2, 0.25) is 41.4 Å². The highest BCUT2D eigenvalue weighted by atomic mass is 19.1. The zero-order chi connectivity index (χ0) is 59.0. The summed E-state index contributed by atoms with van der Waals surface area (Å²) in [6.07, 6.45) is 0.824. The number of carbonyl (C=O) groups is 9. The molecule has 1 saturated heterocycles. The fourth-order valence-corrected chi connectivity index (χ4v) is 9.07. The fraction of sp³-hybridized carbons (Fsp3) is 0.500. The largest absolute Gasteiger partial charge is 0.387 e. The first-order valence-corrected chi connectivity index (χ1v) is 26.2. The van der Waals surface area contributed by atoms with Crippen LogP contribution in [0.4, 0.5) is 8.78 Å². The fourth-order valence-electron chi connectivity index (χ4n) is 9.07. The molecule has 2 aliphatic heterocycles. The Morgan fingerprint density at radius 3 is 2.11 bits per heavy atom. The molecule has 26 heteroatoms. The lowest BCUT2D eigenvalue weighted by molar-refractivity contribution is -0.141. The van der Waals surface area contributed by atoms with E-state index in [0.29, 0.717) is 29.9 Å². The van der Waals surface area contributed by atoms with Crippen molar-refractivity contribution in [2.75, 3.05) is 32.8 Å². The summed E-state index contributed by atoms with van der Waals surface area (Å²) < 4.78 is 36.8. The maximum absolute atomic E-state index is 15.4. The normalized spacial score (nSPS) is 17.6. The van der Waals surface area contributed by atoms with Crippen LogP contribution in [0.2, 0.25) is 0 Å². The van der Waals surface area contributed by atoms with Gasteiger partial charge in [-0.3, -0.25) is 53.4 Å². The molecule has 1 aromatic heterocycles. The first-order valence-electron chi connectivity index (χ1n) is 26.2. The molecule has 3 heterocycles. The Hall–Kier alpha value is -7.49. The van der Waals surface area contributed by atoms with E-state index in [9.17, 15) is 62.9 Å². The molecule has 0 bridgehead atoms. The van der Waals surface area contributed by atoms with E-state index in [1.165, 1.54) is 18.7 Å². The van der Waals surface area contributed by atoms with Crippen molar-refractivity contribution in [1.29, 1.82) is 0 Å². The van der Waals surface area contributed by atoms with Gasteiger partial charge in [0.1, 0.15) is 49.2 Å². The van der Waals surface area contributed by atoms with E-state index in [-0.39, 0.29) is 56.2 Å². The van der Waals surface area contributed by atoms with Gasteiger partial charge in [-0.2, -0.15) is 0 Å². The average molecular weight is 1120 g/mol. The lowest BCUT2D eigenvalue weighted by Gasteiger charge is -2.41. The number of nitrogens with one attached hydrogen (secondary N) is 6. The van der Waals surface area contributed by atoms with Crippen molar-refractivity contribution in [3.8, 4) is 11.1 Å². The number of carbonyl (C=O) groups excluding carboxylic acids is 9. The Labute approximate surface area is 461 Å². The molecule has 1 fully saturated rings. The lowest BCUT2D eigenvalue weighted by atomic mass is 9.82. The van der Waals surface area contributed by atoms with Crippen LogP contribution in [0, 0.1) is 17.0 Å². The Morgan fingerprint density at radius 1 is 0.838 bits per heavy atom. The van der Waals surface area contributed by atoms with Crippen molar-refractivity contribution in [3.05, 3.63) is 95.8 Å². The number of nitrogens with two attached hydrogens (primary N) is 2. The number of benzene rings is 2. The molecule has 2 aliphatic rings. The number of amides is 9. The van der Waals surface area contributed by atoms with E-state index in [1.807, 2.05) is 51.1 Å². The first-order chi connectivity index (χ1) is 37.8. The summed E-state index contributed by atoms with van der Waals surface area (Å²) in [7, 11) is 0. The van der Waals surface area contributed by atoms with Gasteiger partial charge in [0.25, 0.3) is 11.8 Å². The summed E-state index contributed by atoms with van der Waals surface area (Å²) >= 11 is 0. The minimum absolute atomic E-state index is 0.0572. The topological polar surface area (TPSA) is 362 Å². The van der Waals surface area contributed by atoms with Gasteiger partial charge < -0.3 is 67.6 Å². The standard InChI is InChI=1S/C54H73F2N11O13/c1-30(61-43(71)28-67-44(72)16-17-45(67)73)49(75)62-31(2)50(76)64-39(25-41(58)69)52(78)63-38(51(77)60-21-18-42(70)59-20-10-9-13-37(57)47-53(79)80-47)19-22-66(46(74)29-68)48(54(3,4)5)40-23-33(35-24-34(55)14-15-36(35)56)27-65(40)26-32-11-7-6-8-12-32/h6-8,11-12,14-17,23-24,27,30-31,37-39,47-48,52-53,63,68,78-79H,9-10,13,18-22,25-26,28-29,57H2,1-5H3,(H2,58,69)(H,59,70)(H,60,77)(H,61,71)(H,62,75)(H,64,76)/t30-,31-,37-,38-,39-,47?,48-,52?,53?/m0/s1. The zero-order valence-corrected chi connectivity index (χ0v) is 45.3. The summed E-state index contributed by atoms with van der Waals surface area (Å²) in [6.45, 7) is 6.23. The number of ether oxygens (including phenoxy) is 1. The highest BCUT2D eigenvalue weighted by Gasteiger charge is 2.42. The summed E-state index contributed by atoms with van der Waals surface area (Å²) in [4.78, 5) is 119. The number of rotatable bonds is 31. The molecule has 3 aromatic rings. The second kappa shape index (κ2) is 29.1. The summed E-state index contributed by atoms with van der Waals surface area (Å²) in [5.74, 6) is -8.58. The zero-order valence-electron chi connectivity index (χ0n) is 45.3. The van der Waals surface area contributed by atoms with Crippen LogP contribution in [0.25, 0.3) is 11.1 Å². The summed E-state index contributed by atoms with van der Waals surface area (Å²) in [5, 5.41) is 46.9. The second-order valence-corrected chi connectivity index (χ2v) is 20.8. The van der Waals surface area contributed by atoms with Crippen molar-refractivity contribution >= 4 is 53.2 Å². The molecule has 2 aromatic carbocycles. The Morgan fingerprint density at radius 2 is 1.49 bits per heavy atom. The highest BCUT2D eigenvalue weighted by molar-refractivity contribution is 6.14. The third kappa shape index (κ3) is 18.6. The number of halogens is 2. The van der Waals surface area contributed by atoms with Gasteiger partial charge in [0.05, 0.1) is 24.5 Å². The van der Waals surface area contributed by atoms with Gasteiger partial charge in [-0.05, 0) is 68.4 Å². The number of aromatic nitrogens is 1. The molecule has 24 nitrogen and oxygen atoms in total. The van der Waals surface area contributed by atoms with Gasteiger partial charge >= 0.3 is 0 Å². The van der Waals surface area contributed by atoms with E-state index in [4.69, 9.17) is 16.2 Å². The van der Waals surface area contributed by atoms with Crippen molar-refractivity contribution in [2.24, 2.45) is 16.9 Å². The average Bonchev–Trinajstić information content (AvgIpc) is 3.89. The van der Waals surface area contributed by atoms with Crippen LogP contribution in [0.15, 0.2) is 72.9 Å². The molecule has 0 aliphatic carbocycles. The molecule has 3 unspecified atom stereocenters. The summed E-state index contributed by atoms with van der Waals surface area (Å²) in [6, 6.07) is 6.75.